The molecule has 7 heteroatoms. The predicted octanol–water partition coefficient (Wildman–Crippen LogP) is 1.62. The minimum Gasteiger partial charge on any atom is -0.406 e. The molecule has 1 aromatic rings. The van der Waals surface area contributed by atoms with Crippen LogP contribution in [0.15, 0.2) is 24.3 Å². The van der Waals surface area contributed by atoms with E-state index < -0.39 is 6.36 Å². The molecule has 104 valence electrons. The van der Waals surface area contributed by atoms with Crippen LogP contribution in [0.5, 0.6) is 5.75 Å². The maximum absolute atomic E-state index is 12.0. The summed E-state index contributed by atoms with van der Waals surface area (Å²) in [4.78, 5) is 13.5. The van der Waals surface area contributed by atoms with Gasteiger partial charge in [0, 0.05) is 24.6 Å². The minimum atomic E-state index is -4.72. The Hall–Kier alpha value is -1.76. The number of benzene rings is 1. The van der Waals surface area contributed by atoms with Crippen molar-refractivity contribution in [3.63, 3.8) is 0 Å². The van der Waals surface area contributed by atoms with Gasteiger partial charge in [-0.2, -0.15) is 0 Å². The lowest BCUT2D eigenvalue weighted by molar-refractivity contribution is -0.274. The van der Waals surface area contributed by atoms with Crippen LogP contribution < -0.4 is 10.5 Å². The number of likely N-dealkylation sites (tertiary alicyclic amines) is 1. The number of amides is 1. The van der Waals surface area contributed by atoms with Crippen LogP contribution in [0.2, 0.25) is 0 Å². The molecular weight excluding hydrogens is 261 g/mol. The Balaban J connectivity index is 1.97. The van der Waals surface area contributed by atoms with Crippen molar-refractivity contribution in [1.29, 1.82) is 0 Å². The first-order chi connectivity index (χ1) is 8.89. The lowest BCUT2D eigenvalue weighted by atomic mass is 9.99. The van der Waals surface area contributed by atoms with Gasteiger partial charge >= 0.3 is 6.36 Å². The third-order valence-corrected chi connectivity index (χ3v) is 2.91. The number of halogens is 3. The molecule has 0 radical (unpaired) electrons. The molecule has 2 N–H and O–H groups in total. The highest BCUT2D eigenvalue weighted by Crippen LogP contribution is 2.24. The van der Waals surface area contributed by atoms with Crippen LogP contribution in [0.3, 0.4) is 0 Å². The van der Waals surface area contributed by atoms with Gasteiger partial charge in [0.15, 0.2) is 0 Å². The zero-order valence-corrected chi connectivity index (χ0v) is 9.98. The molecule has 1 aliphatic rings. The van der Waals surface area contributed by atoms with Crippen LogP contribution >= 0.6 is 0 Å². The molecule has 1 amide bonds. The number of nitrogens with zero attached hydrogens (tertiary/aromatic N) is 1. The minimum absolute atomic E-state index is 0.205. The number of carbonyl (C=O) groups is 1. The monoisotopic (exact) mass is 274 g/mol. The van der Waals surface area contributed by atoms with E-state index in [1.165, 1.54) is 12.1 Å². The summed E-state index contributed by atoms with van der Waals surface area (Å²) in [6, 6.07) is 4.89. The molecule has 1 heterocycles. The molecule has 0 bridgehead atoms. The van der Waals surface area contributed by atoms with Gasteiger partial charge in [-0.15, -0.1) is 13.2 Å². The summed E-state index contributed by atoms with van der Waals surface area (Å²) < 4.78 is 39.6. The van der Waals surface area contributed by atoms with Crippen LogP contribution in [-0.4, -0.2) is 36.8 Å². The number of ether oxygens (including phenoxy) is 1. The van der Waals surface area contributed by atoms with E-state index in [1.807, 2.05) is 0 Å². The average Bonchev–Trinajstić information content (AvgIpc) is 2.26. The van der Waals surface area contributed by atoms with E-state index in [1.54, 1.807) is 4.90 Å². The van der Waals surface area contributed by atoms with Gasteiger partial charge in [-0.05, 0) is 30.8 Å². The van der Waals surface area contributed by atoms with E-state index >= 15 is 0 Å². The van der Waals surface area contributed by atoms with Crippen LogP contribution in [0.25, 0.3) is 0 Å². The number of hydrogen-bond donors (Lipinski definition) is 1. The van der Waals surface area contributed by atoms with Crippen molar-refractivity contribution < 1.29 is 22.7 Å². The molecule has 19 heavy (non-hydrogen) atoms. The molecule has 1 saturated heterocycles. The highest BCUT2D eigenvalue weighted by atomic mass is 19.4. The molecule has 0 aromatic heterocycles. The Morgan fingerprint density at radius 2 is 1.89 bits per heavy atom. The molecular formula is C12H13F3N2O2. The molecule has 0 unspecified atom stereocenters. The Kier molecular flexibility index (Phi) is 3.66. The third kappa shape index (κ3) is 3.37. The SMILES string of the molecule is NCC1CN(C(=O)c2ccc(OC(F)(F)F)cc2)C1. The summed E-state index contributed by atoms with van der Waals surface area (Å²) in [7, 11) is 0. The molecule has 0 atom stereocenters. The molecule has 0 saturated carbocycles. The van der Waals surface area contributed by atoms with Crippen LogP contribution in [0.1, 0.15) is 10.4 Å². The quantitative estimate of drug-likeness (QED) is 0.911. The Labute approximate surface area is 107 Å². The van der Waals surface area contributed by atoms with Gasteiger partial charge in [0.1, 0.15) is 5.75 Å². The molecule has 0 spiro atoms. The van der Waals surface area contributed by atoms with E-state index in [9.17, 15) is 18.0 Å². The second-order valence-corrected chi connectivity index (χ2v) is 4.38. The van der Waals surface area contributed by atoms with Gasteiger partial charge in [0.25, 0.3) is 5.91 Å². The van der Waals surface area contributed by atoms with Crippen molar-refractivity contribution >= 4 is 5.91 Å². The molecule has 1 aliphatic heterocycles. The first-order valence-electron chi connectivity index (χ1n) is 5.74. The number of hydrogen-bond acceptors (Lipinski definition) is 3. The van der Waals surface area contributed by atoms with Crippen LogP contribution in [-0.2, 0) is 0 Å². The molecule has 2 rings (SSSR count). The summed E-state index contributed by atoms with van der Waals surface area (Å²) in [5, 5.41) is 0. The van der Waals surface area contributed by atoms with E-state index in [2.05, 4.69) is 4.74 Å². The van der Waals surface area contributed by atoms with Crippen molar-refractivity contribution in [3.8, 4) is 5.75 Å². The summed E-state index contributed by atoms with van der Waals surface area (Å²) >= 11 is 0. The maximum Gasteiger partial charge on any atom is 0.573 e. The Morgan fingerprint density at radius 3 is 2.37 bits per heavy atom. The smallest absolute Gasteiger partial charge is 0.406 e. The fourth-order valence-electron chi connectivity index (χ4n) is 1.87. The van der Waals surface area contributed by atoms with Crippen molar-refractivity contribution in [3.05, 3.63) is 29.8 Å². The van der Waals surface area contributed by atoms with Crippen molar-refractivity contribution in [2.75, 3.05) is 19.6 Å². The summed E-state index contributed by atoms with van der Waals surface area (Å²) in [5.41, 5.74) is 5.79. The largest absolute Gasteiger partial charge is 0.573 e. The lowest BCUT2D eigenvalue weighted by Gasteiger charge is -2.38. The highest BCUT2D eigenvalue weighted by molar-refractivity contribution is 5.94. The van der Waals surface area contributed by atoms with Gasteiger partial charge in [-0.1, -0.05) is 0 Å². The van der Waals surface area contributed by atoms with E-state index in [4.69, 9.17) is 5.73 Å². The summed E-state index contributed by atoms with van der Waals surface area (Å²) in [6.45, 7) is 1.72. The normalized spacial score (nSPS) is 16.1. The maximum atomic E-state index is 12.0. The topological polar surface area (TPSA) is 55.6 Å². The van der Waals surface area contributed by atoms with Crippen molar-refractivity contribution in [2.24, 2.45) is 11.7 Å². The number of alkyl halides is 3. The Morgan fingerprint density at radius 1 is 1.32 bits per heavy atom. The standard InChI is InChI=1S/C12H13F3N2O2/c13-12(14,15)19-10-3-1-9(2-4-10)11(18)17-6-8(5-16)7-17/h1-4,8H,5-7,16H2. The first-order valence-corrected chi connectivity index (χ1v) is 5.74. The molecule has 1 fully saturated rings. The fraction of sp³-hybridized carbons (Fsp3) is 0.417. The number of rotatable bonds is 3. The van der Waals surface area contributed by atoms with Gasteiger partial charge in [0.2, 0.25) is 0 Å². The van der Waals surface area contributed by atoms with E-state index in [-0.39, 0.29) is 11.7 Å². The third-order valence-electron chi connectivity index (χ3n) is 2.91. The zero-order chi connectivity index (χ0) is 14.0. The van der Waals surface area contributed by atoms with Gasteiger partial charge < -0.3 is 15.4 Å². The predicted molar refractivity (Wildman–Crippen MR) is 61.6 cm³/mol. The first kappa shape index (κ1) is 13.7. The number of nitrogens with two attached hydrogens (primary N) is 1. The second kappa shape index (κ2) is 5.08. The average molecular weight is 274 g/mol. The van der Waals surface area contributed by atoms with Crippen LogP contribution in [0, 0.1) is 5.92 Å². The van der Waals surface area contributed by atoms with Crippen molar-refractivity contribution in [2.45, 2.75) is 6.36 Å². The second-order valence-electron chi connectivity index (χ2n) is 4.38. The fourth-order valence-corrected chi connectivity index (χ4v) is 1.87. The molecule has 0 aliphatic carbocycles. The Bertz CT molecular complexity index is 453. The zero-order valence-electron chi connectivity index (χ0n) is 9.98. The van der Waals surface area contributed by atoms with E-state index in [0.29, 0.717) is 31.1 Å². The molecule has 1 aromatic carbocycles. The number of carbonyl (C=O) groups excluding carboxylic acids is 1. The highest BCUT2D eigenvalue weighted by Gasteiger charge is 2.32. The van der Waals surface area contributed by atoms with Crippen molar-refractivity contribution in [1.82, 2.24) is 4.90 Å². The summed E-state index contributed by atoms with van der Waals surface area (Å²) in [6.07, 6.45) is -4.72. The molecule has 4 nitrogen and oxygen atoms in total. The van der Waals surface area contributed by atoms with Gasteiger partial charge in [-0.3, -0.25) is 4.79 Å². The summed E-state index contributed by atoms with van der Waals surface area (Å²) in [5.74, 6) is -0.229. The van der Waals surface area contributed by atoms with Crippen LogP contribution in [0.4, 0.5) is 13.2 Å². The lowest BCUT2D eigenvalue weighted by Crippen LogP contribution is -2.52. The van der Waals surface area contributed by atoms with E-state index in [0.717, 1.165) is 12.1 Å². The van der Waals surface area contributed by atoms with Gasteiger partial charge in [0.05, 0.1) is 0 Å². The van der Waals surface area contributed by atoms with Gasteiger partial charge in [-0.25, -0.2) is 0 Å².